The SMILES string of the molecule is CCC(C)NC(=O)c1cccc(C(=O)Nc2cccc(C)c2C)c1. The summed E-state index contributed by atoms with van der Waals surface area (Å²) < 4.78 is 0. The van der Waals surface area contributed by atoms with Crippen LogP contribution in [-0.2, 0) is 0 Å². The Labute approximate surface area is 143 Å². The maximum atomic E-state index is 12.5. The minimum atomic E-state index is -0.220. The summed E-state index contributed by atoms with van der Waals surface area (Å²) in [5.41, 5.74) is 3.90. The van der Waals surface area contributed by atoms with Gasteiger partial charge in [0.25, 0.3) is 11.8 Å². The van der Waals surface area contributed by atoms with E-state index in [1.165, 1.54) is 0 Å². The predicted molar refractivity (Wildman–Crippen MR) is 97.5 cm³/mol. The van der Waals surface area contributed by atoms with Gasteiger partial charge in [0.2, 0.25) is 0 Å². The molecule has 0 fully saturated rings. The Bertz CT molecular complexity index is 753. The zero-order valence-corrected chi connectivity index (χ0v) is 14.6. The third kappa shape index (κ3) is 4.22. The van der Waals surface area contributed by atoms with E-state index in [2.05, 4.69) is 10.6 Å². The maximum Gasteiger partial charge on any atom is 0.255 e. The molecule has 4 nitrogen and oxygen atoms in total. The van der Waals surface area contributed by atoms with Crippen molar-refractivity contribution in [2.24, 2.45) is 0 Å². The van der Waals surface area contributed by atoms with Crippen molar-refractivity contribution in [1.82, 2.24) is 5.32 Å². The van der Waals surface area contributed by atoms with Crippen LogP contribution in [-0.4, -0.2) is 17.9 Å². The first-order chi connectivity index (χ1) is 11.4. The molecule has 0 bridgehead atoms. The van der Waals surface area contributed by atoms with Crippen molar-refractivity contribution in [1.29, 1.82) is 0 Å². The van der Waals surface area contributed by atoms with Crippen LogP contribution >= 0.6 is 0 Å². The summed E-state index contributed by atoms with van der Waals surface area (Å²) in [6.07, 6.45) is 0.860. The first kappa shape index (κ1) is 17.7. The summed E-state index contributed by atoms with van der Waals surface area (Å²) in [5, 5.41) is 5.82. The molecule has 0 aliphatic heterocycles. The van der Waals surface area contributed by atoms with Gasteiger partial charge in [-0.15, -0.1) is 0 Å². The highest BCUT2D eigenvalue weighted by atomic mass is 16.2. The molecule has 2 aromatic carbocycles. The monoisotopic (exact) mass is 324 g/mol. The highest BCUT2D eigenvalue weighted by Gasteiger charge is 2.13. The van der Waals surface area contributed by atoms with Gasteiger partial charge in [0.05, 0.1) is 0 Å². The van der Waals surface area contributed by atoms with E-state index < -0.39 is 0 Å². The van der Waals surface area contributed by atoms with Crippen LogP contribution in [0.2, 0.25) is 0 Å². The topological polar surface area (TPSA) is 58.2 Å². The summed E-state index contributed by atoms with van der Waals surface area (Å²) in [6.45, 7) is 7.94. The Balaban J connectivity index is 2.17. The zero-order chi connectivity index (χ0) is 17.7. The van der Waals surface area contributed by atoms with Gasteiger partial charge in [0.15, 0.2) is 0 Å². The van der Waals surface area contributed by atoms with Gasteiger partial charge in [-0.25, -0.2) is 0 Å². The summed E-state index contributed by atoms with van der Waals surface area (Å²) in [6, 6.07) is 12.7. The quantitative estimate of drug-likeness (QED) is 0.870. The number of carbonyl (C=O) groups excluding carboxylic acids is 2. The molecular weight excluding hydrogens is 300 g/mol. The lowest BCUT2D eigenvalue weighted by molar-refractivity contribution is 0.0939. The van der Waals surface area contributed by atoms with E-state index in [1.54, 1.807) is 24.3 Å². The summed E-state index contributed by atoms with van der Waals surface area (Å²) in [5.74, 6) is -0.382. The molecule has 0 heterocycles. The fraction of sp³-hybridized carbons (Fsp3) is 0.300. The van der Waals surface area contributed by atoms with Crippen LogP contribution in [0.1, 0.15) is 52.1 Å². The predicted octanol–water partition coefficient (Wildman–Crippen LogP) is 4.08. The molecule has 0 saturated heterocycles. The van der Waals surface area contributed by atoms with Crippen molar-refractivity contribution >= 4 is 17.5 Å². The van der Waals surface area contributed by atoms with Crippen LogP contribution in [0.25, 0.3) is 0 Å². The van der Waals surface area contributed by atoms with Gasteiger partial charge in [-0.1, -0.05) is 25.1 Å². The first-order valence-corrected chi connectivity index (χ1v) is 8.21. The lowest BCUT2D eigenvalue weighted by Crippen LogP contribution is -2.32. The van der Waals surface area contributed by atoms with Crippen LogP contribution in [0.5, 0.6) is 0 Å². The van der Waals surface area contributed by atoms with E-state index in [1.807, 2.05) is 45.9 Å². The van der Waals surface area contributed by atoms with Crippen molar-refractivity contribution in [3.05, 3.63) is 64.7 Å². The molecule has 0 aliphatic rings. The molecule has 1 atom stereocenters. The van der Waals surface area contributed by atoms with E-state index >= 15 is 0 Å². The molecular formula is C20H24N2O2. The van der Waals surface area contributed by atoms with E-state index in [0.717, 1.165) is 23.2 Å². The molecule has 2 rings (SSSR count). The minimum absolute atomic E-state index is 0.102. The van der Waals surface area contributed by atoms with Gasteiger partial charge in [-0.3, -0.25) is 9.59 Å². The van der Waals surface area contributed by atoms with E-state index in [9.17, 15) is 9.59 Å². The summed E-state index contributed by atoms with van der Waals surface area (Å²) in [7, 11) is 0. The van der Waals surface area contributed by atoms with Gasteiger partial charge in [-0.2, -0.15) is 0 Å². The normalized spacial score (nSPS) is 11.7. The van der Waals surface area contributed by atoms with Gasteiger partial charge in [-0.05, 0) is 62.6 Å². The first-order valence-electron chi connectivity index (χ1n) is 8.21. The van der Waals surface area contributed by atoms with Crippen LogP contribution in [0.15, 0.2) is 42.5 Å². The molecule has 126 valence electrons. The van der Waals surface area contributed by atoms with Gasteiger partial charge >= 0.3 is 0 Å². The molecule has 0 aliphatic carbocycles. The van der Waals surface area contributed by atoms with Crippen LogP contribution in [0.4, 0.5) is 5.69 Å². The highest BCUT2D eigenvalue weighted by molar-refractivity contribution is 6.06. The fourth-order valence-corrected chi connectivity index (χ4v) is 2.29. The lowest BCUT2D eigenvalue weighted by Gasteiger charge is -2.13. The standard InChI is InChI=1S/C20H24N2O2/c1-5-14(3)21-19(23)16-9-7-10-17(12-16)20(24)22-18-11-6-8-13(2)15(18)4/h6-12,14H,5H2,1-4H3,(H,21,23)(H,22,24). The molecule has 0 spiro atoms. The number of hydrogen-bond donors (Lipinski definition) is 2. The van der Waals surface area contributed by atoms with Crippen molar-refractivity contribution in [2.45, 2.75) is 40.2 Å². The fourth-order valence-electron chi connectivity index (χ4n) is 2.29. The van der Waals surface area contributed by atoms with Crippen molar-refractivity contribution < 1.29 is 9.59 Å². The molecule has 1 unspecified atom stereocenters. The number of anilines is 1. The van der Waals surface area contributed by atoms with Crippen LogP contribution in [0.3, 0.4) is 0 Å². The lowest BCUT2D eigenvalue weighted by atomic mass is 10.1. The van der Waals surface area contributed by atoms with Gasteiger partial charge in [0.1, 0.15) is 0 Å². The second-order valence-corrected chi connectivity index (χ2v) is 6.07. The van der Waals surface area contributed by atoms with Gasteiger partial charge in [0, 0.05) is 22.9 Å². The summed E-state index contributed by atoms with van der Waals surface area (Å²) in [4.78, 5) is 24.7. The Morgan fingerprint density at radius 1 is 1.00 bits per heavy atom. The number of hydrogen-bond acceptors (Lipinski definition) is 2. The summed E-state index contributed by atoms with van der Waals surface area (Å²) >= 11 is 0. The molecule has 4 heteroatoms. The van der Waals surface area contributed by atoms with Crippen LogP contribution < -0.4 is 10.6 Å². The number of nitrogens with one attached hydrogen (secondary N) is 2. The van der Waals surface area contributed by atoms with Crippen LogP contribution in [0, 0.1) is 13.8 Å². The Hall–Kier alpha value is -2.62. The number of rotatable bonds is 5. The average molecular weight is 324 g/mol. The number of benzene rings is 2. The molecule has 2 amide bonds. The van der Waals surface area contributed by atoms with Crippen molar-refractivity contribution in [3.8, 4) is 0 Å². The average Bonchev–Trinajstić information content (AvgIpc) is 2.58. The molecule has 0 aromatic heterocycles. The maximum absolute atomic E-state index is 12.5. The number of amides is 2. The van der Waals surface area contributed by atoms with E-state index in [-0.39, 0.29) is 17.9 Å². The smallest absolute Gasteiger partial charge is 0.255 e. The number of carbonyl (C=O) groups is 2. The van der Waals surface area contributed by atoms with E-state index in [0.29, 0.717) is 11.1 Å². The third-order valence-corrected chi connectivity index (χ3v) is 4.23. The molecule has 0 saturated carbocycles. The Morgan fingerprint density at radius 3 is 2.29 bits per heavy atom. The van der Waals surface area contributed by atoms with Crippen molar-refractivity contribution in [2.75, 3.05) is 5.32 Å². The second-order valence-electron chi connectivity index (χ2n) is 6.07. The minimum Gasteiger partial charge on any atom is -0.350 e. The largest absolute Gasteiger partial charge is 0.350 e. The zero-order valence-electron chi connectivity index (χ0n) is 14.6. The highest BCUT2D eigenvalue weighted by Crippen LogP contribution is 2.19. The molecule has 0 radical (unpaired) electrons. The second kappa shape index (κ2) is 7.77. The molecule has 2 aromatic rings. The molecule has 24 heavy (non-hydrogen) atoms. The Kier molecular flexibility index (Phi) is 5.74. The number of aryl methyl sites for hydroxylation is 1. The van der Waals surface area contributed by atoms with Crippen molar-refractivity contribution in [3.63, 3.8) is 0 Å². The molecule has 2 N–H and O–H groups in total. The Morgan fingerprint density at radius 2 is 1.62 bits per heavy atom. The van der Waals surface area contributed by atoms with E-state index in [4.69, 9.17) is 0 Å². The third-order valence-electron chi connectivity index (χ3n) is 4.23. The van der Waals surface area contributed by atoms with Gasteiger partial charge < -0.3 is 10.6 Å².